The normalized spacial score (nSPS) is 10.1. The van der Waals surface area contributed by atoms with Gasteiger partial charge in [-0.3, -0.25) is 0 Å². The second-order valence-corrected chi connectivity index (χ2v) is 4.28. The van der Waals surface area contributed by atoms with Crippen LogP contribution in [0.5, 0.6) is 5.75 Å². The van der Waals surface area contributed by atoms with E-state index in [1.54, 1.807) is 0 Å². The fourth-order valence-electron chi connectivity index (χ4n) is 0.740. The minimum Gasteiger partial charge on any atom is -0.475 e. The van der Waals surface area contributed by atoms with Crippen LogP contribution in [0.1, 0.15) is 0 Å². The lowest BCUT2D eigenvalue weighted by Crippen LogP contribution is -1.86. The van der Waals surface area contributed by atoms with E-state index in [1.807, 2.05) is 24.3 Å². The molecular formula is C8H12NOP. The highest BCUT2D eigenvalue weighted by Gasteiger charge is 1.95. The first-order valence-corrected chi connectivity index (χ1v) is 5.55. The Morgan fingerprint density at radius 2 is 1.73 bits per heavy atom. The molecule has 0 unspecified atom stereocenters. The fourth-order valence-corrected chi connectivity index (χ4v) is 1.28. The van der Waals surface area contributed by atoms with E-state index in [2.05, 4.69) is 13.3 Å². The number of rotatable bonds is 2. The van der Waals surface area contributed by atoms with Crippen molar-refractivity contribution in [2.75, 3.05) is 19.1 Å². The molecule has 0 aliphatic carbocycles. The third-order valence-electron chi connectivity index (χ3n) is 1.17. The number of hydrogen-bond acceptors (Lipinski definition) is 2. The van der Waals surface area contributed by atoms with Gasteiger partial charge in [0.1, 0.15) is 5.75 Å². The largest absolute Gasteiger partial charge is 0.475 e. The molecule has 0 amide bonds. The van der Waals surface area contributed by atoms with Gasteiger partial charge in [-0.1, -0.05) is 0 Å². The Kier molecular flexibility index (Phi) is 2.72. The zero-order chi connectivity index (χ0) is 8.27. The number of hydrogen-bond donors (Lipinski definition) is 1. The summed E-state index contributed by atoms with van der Waals surface area (Å²) in [7, 11) is -0.327. The number of anilines is 1. The number of nitrogen functional groups attached to an aromatic ring is 1. The Balaban J connectivity index is 2.66. The van der Waals surface area contributed by atoms with E-state index < -0.39 is 0 Å². The van der Waals surface area contributed by atoms with Crippen LogP contribution in [0.2, 0.25) is 0 Å². The zero-order valence-electron chi connectivity index (χ0n) is 6.74. The van der Waals surface area contributed by atoms with Gasteiger partial charge in [0.05, 0.1) is 8.15 Å². The molecule has 1 aromatic rings. The van der Waals surface area contributed by atoms with E-state index in [0.29, 0.717) is 0 Å². The molecule has 2 nitrogen and oxygen atoms in total. The van der Waals surface area contributed by atoms with Gasteiger partial charge < -0.3 is 10.3 Å². The van der Waals surface area contributed by atoms with Crippen LogP contribution in [0, 0.1) is 0 Å². The van der Waals surface area contributed by atoms with Crippen molar-refractivity contribution in [3.63, 3.8) is 0 Å². The van der Waals surface area contributed by atoms with E-state index in [-0.39, 0.29) is 8.15 Å². The standard InChI is InChI=1S/C8H12NOP/c1-11(2)10-8-5-3-7(9)4-6-8/h3-6H,9H2,1-2H3. The minimum atomic E-state index is -0.327. The van der Waals surface area contributed by atoms with Gasteiger partial charge in [0.15, 0.2) is 0 Å². The fraction of sp³-hybridized carbons (Fsp3) is 0.250. The van der Waals surface area contributed by atoms with E-state index >= 15 is 0 Å². The van der Waals surface area contributed by atoms with Gasteiger partial charge in [-0.15, -0.1) is 0 Å². The van der Waals surface area contributed by atoms with Crippen LogP contribution in [-0.4, -0.2) is 13.3 Å². The molecule has 2 N–H and O–H groups in total. The Morgan fingerprint density at radius 3 is 2.18 bits per heavy atom. The molecule has 0 spiro atoms. The second kappa shape index (κ2) is 3.59. The van der Waals surface area contributed by atoms with Crippen molar-refractivity contribution in [1.82, 2.24) is 0 Å². The maximum Gasteiger partial charge on any atom is 0.123 e. The Morgan fingerprint density at radius 1 is 1.18 bits per heavy atom. The van der Waals surface area contributed by atoms with Crippen molar-refractivity contribution < 1.29 is 4.52 Å². The number of benzene rings is 1. The molecule has 3 heteroatoms. The molecule has 0 saturated heterocycles. The van der Waals surface area contributed by atoms with E-state index in [9.17, 15) is 0 Å². The average molecular weight is 169 g/mol. The Bertz CT molecular complexity index is 220. The number of nitrogens with two attached hydrogens (primary N) is 1. The lowest BCUT2D eigenvalue weighted by atomic mass is 10.3. The van der Waals surface area contributed by atoms with E-state index in [0.717, 1.165) is 11.4 Å². The van der Waals surface area contributed by atoms with Crippen LogP contribution in [-0.2, 0) is 0 Å². The average Bonchev–Trinajstić information content (AvgIpc) is 1.93. The summed E-state index contributed by atoms with van der Waals surface area (Å²) in [6, 6.07) is 7.46. The van der Waals surface area contributed by atoms with Crippen LogP contribution in [0.15, 0.2) is 24.3 Å². The van der Waals surface area contributed by atoms with Gasteiger partial charge in [-0.25, -0.2) is 0 Å². The van der Waals surface area contributed by atoms with Crippen LogP contribution in [0.3, 0.4) is 0 Å². The molecule has 0 atom stereocenters. The predicted molar refractivity (Wildman–Crippen MR) is 50.3 cm³/mol. The van der Waals surface area contributed by atoms with Crippen LogP contribution < -0.4 is 10.3 Å². The van der Waals surface area contributed by atoms with Crippen LogP contribution in [0.25, 0.3) is 0 Å². The topological polar surface area (TPSA) is 35.2 Å². The summed E-state index contributed by atoms with van der Waals surface area (Å²) in [4.78, 5) is 0. The van der Waals surface area contributed by atoms with E-state index in [4.69, 9.17) is 10.3 Å². The van der Waals surface area contributed by atoms with Gasteiger partial charge in [0.25, 0.3) is 0 Å². The first-order chi connectivity index (χ1) is 5.18. The summed E-state index contributed by atoms with van der Waals surface area (Å²) in [5, 5.41) is 0. The van der Waals surface area contributed by atoms with Gasteiger partial charge in [-0.2, -0.15) is 0 Å². The lowest BCUT2D eigenvalue weighted by Gasteiger charge is -2.08. The molecule has 1 rings (SSSR count). The highest BCUT2D eigenvalue weighted by Crippen LogP contribution is 2.29. The Labute approximate surface area is 68.2 Å². The smallest absolute Gasteiger partial charge is 0.123 e. The molecular weight excluding hydrogens is 157 g/mol. The first kappa shape index (κ1) is 8.35. The van der Waals surface area contributed by atoms with Gasteiger partial charge in [0, 0.05) is 5.69 Å². The van der Waals surface area contributed by atoms with Crippen molar-refractivity contribution in [2.24, 2.45) is 0 Å². The van der Waals surface area contributed by atoms with Crippen molar-refractivity contribution in [3.05, 3.63) is 24.3 Å². The zero-order valence-corrected chi connectivity index (χ0v) is 7.64. The van der Waals surface area contributed by atoms with Gasteiger partial charge in [-0.05, 0) is 37.6 Å². The molecule has 60 valence electrons. The summed E-state index contributed by atoms with van der Waals surface area (Å²) < 4.78 is 5.48. The first-order valence-electron chi connectivity index (χ1n) is 3.39. The molecule has 0 heterocycles. The summed E-state index contributed by atoms with van der Waals surface area (Å²) in [5.74, 6) is 0.898. The van der Waals surface area contributed by atoms with Crippen molar-refractivity contribution in [3.8, 4) is 5.75 Å². The van der Waals surface area contributed by atoms with Gasteiger partial charge in [0.2, 0.25) is 0 Å². The molecule has 11 heavy (non-hydrogen) atoms. The monoisotopic (exact) mass is 169 g/mol. The van der Waals surface area contributed by atoms with Crippen molar-refractivity contribution in [2.45, 2.75) is 0 Å². The molecule has 1 aromatic carbocycles. The molecule has 0 radical (unpaired) electrons. The molecule has 0 aliphatic heterocycles. The second-order valence-electron chi connectivity index (χ2n) is 2.47. The van der Waals surface area contributed by atoms with Crippen LogP contribution >= 0.6 is 8.15 Å². The molecule has 0 aromatic heterocycles. The maximum absolute atomic E-state index is 5.51. The third-order valence-corrected chi connectivity index (χ3v) is 1.74. The van der Waals surface area contributed by atoms with Crippen molar-refractivity contribution >= 4 is 13.8 Å². The molecule has 0 aliphatic rings. The van der Waals surface area contributed by atoms with Crippen molar-refractivity contribution in [1.29, 1.82) is 0 Å². The predicted octanol–water partition coefficient (Wildman–Crippen LogP) is 2.30. The van der Waals surface area contributed by atoms with Crippen LogP contribution in [0.4, 0.5) is 5.69 Å². The summed E-state index contributed by atoms with van der Waals surface area (Å²) in [6.45, 7) is 4.12. The van der Waals surface area contributed by atoms with E-state index in [1.165, 1.54) is 0 Å². The third kappa shape index (κ3) is 2.77. The SMILES string of the molecule is CP(C)Oc1ccc(N)cc1. The summed E-state index contributed by atoms with van der Waals surface area (Å²) in [5.41, 5.74) is 6.28. The molecule has 0 saturated carbocycles. The molecule has 0 fully saturated rings. The highest BCUT2D eigenvalue weighted by atomic mass is 31.1. The summed E-state index contributed by atoms with van der Waals surface area (Å²) in [6.07, 6.45) is 0. The van der Waals surface area contributed by atoms with Gasteiger partial charge >= 0.3 is 0 Å². The highest BCUT2D eigenvalue weighted by molar-refractivity contribution is 7.51. The summed E-state index contributed by atoms with van der Waals surface area (Å²) >= 11 is 0. The maximum atomic E-state index is 5.51. The molecule has 0 bridgehead atoms. The lowest BCUT2D eigenvalue weighted by molar-refractivity contribution is 0.623. The minimum absolute atomic E-state index is 0.327. The quantitative estimate of drug-likeness (QED) is 0.544. The Hall–Kier alpha value is -0.750.